The number of halogens is 2. The molecule has 5 heavy (non-hydrogen) atoms. The molecule has 0 aliphatic rings. The van der Waals surface area contributed by atoms with Crippen molar-refractivity contribution in [2.45, 2.75) is 0 Å². The van der Waals surface area contributed by atoms with E-state index in [1.54, 1.807) is 0 Å². The van der Waals surface area contributed by atoms with E-state index < -0.39 is 6.93 Å². The molecule has 0 aliphatic heterocycles. The molecule has 0 nitrogen and oxygen atoms in total. The molecule has 0 radical (unpaired) electrons. The predicted molar refractivity (Wildman–Crippen MR) is 9.31 cm³/mol. The van der Waals surface area contributed by atoms with Crippen molar-refractivity contribution in [3.8, 4) is 0 Å². The molecule has 0 saturated heterocycles. The van der Waals surface area contributed by atoms with Crippen molar-refractivity contribution in [1.29, 1.82) is 0 Å². The van der Waals surface area contributed by atoms with Gasteiger partial charge in [-0.15, -0.1) is 0 Å². The molecular formula is CH4F2Na2. The minimum atomic E-state index is -1.75. The first kappa shape index (κ1) is 15.8. The van der Waals surface area contributed by atoms with Gasteiger partial charge in [0, 0.05) is 0 Å². The summed E-state index contributed by atoms with van der Waals surface area (Å²) in [6.07, 6.45) is 0. The van der Waals surface area contributed by atoms with Gasteiger partial charge in [0.1, 0.15) is 0 Å². The largest absolute Gasteiger partial charge is 1.00 e. The van der Waals surface area contributed by atoms with Gasteiger partial charge in [-0.2, -0.15) is 0 Å². The summed E-state index contributed by atoms with van der Waals surface area (Å²) in [6, 6.07) is 0. The molecule has 0 saturated carbocycles. The minimum absolute atomic E-state index is 0. The summed E-state index contributed by atoms with van der Waals surface area (Å²) < 4.78 is 19.2. The molecule has 0 amide bonds. The number of hydrogen-bond donors (Lipinski definition) is 0. The smallest absolute Gasteiger partial charge is 1.00 e. The predicted octanol–water partition coefficient (Wildman–Crippen LogP) is -4.88. The first-order valence-corrected chi connectivity index (χ1v) is 0.535. The van der Waals surface area contributed by atoms with Crippen LogP contribution in [0.15, 0.2) is 0 Å². The van der Waals surface area contributed by atoms with Crippen LogP contribution in [0.3, 0.4) is 0 Å². The Kier molecular flexibility index (Phi) is 53.5. The van der Waals surface area contributed by atoms with E-state index >= 15 is 0 Å². The molecule has 24 valence electrons. The molecular weight excluding hydrogens is 96.0 g/mol. The van der Waals surface area contributed by atoms with Crippen LogP contribution in [-0.4, -0.2) is 6.93 Å². The van der Waals surface area contributed by atoms with E-state index in [1.807, 2.05) is 0 Å². The Morgan fingerprint density at radius 2 is 1.20 bits per heavy atom. The van der Waals surface area contributed by atoms with Gasteiger partial charge in [0.2, 0.25) is 6.93 Å². The maximum absolute atomic E-state index is 9.62. The molecule has 0 unspecified atom stereocenters. The molecule has 0 fully saturated rings. The standard InChI is InChI=1S/CH2F2.2Na.2H/c2-1-3;;;;/h1H2;;;;/q;2*+1;2*-1. The zero-order chi connectivity index (χ0) is 2.71. The maximum Gasteiger partial charge on any atom is 1.00 e. The van der Waals surface area contributed by atoms with Crippen molar-refractivity contribution < 1.29 is 70.7 Å². The fourth-order valence-electron chi connectivity index (χ4n) is 0. The monoisotopic (exact) mass is 100 g/mol. The Morgan fingerprint density at radius 1 is 1.20 bits per heavy atom. The summed E-state index contributed by atoms with van der Waals surface area (Å²) in [7, 11) is 0. The van der Waals surface area contributed by atoms with Crippen LogP contribution in [0.5, 0.6) is 0 Å². The molecule has 0 bridgehead atoms. The van der Waals surface area contributed by atoms with Gasteiger partial charge in [-0.1, -0.05) is 0 Å². The summed E-state index contributed by atoms with van der Waals surface area (Å²) in [5, 5.41) is 0. The Hall–Kier alpha value is 1.86. The molecule has 0 spiro atoms. The van der Waals surface area contributed by atoms with Crippen molar-refractivity contribution in [3.05, 3.63) is 0 Å². The van der Waals surface area contributed by atoms with E-state index in [0.717, 1.165) is 0 Å². The zero-order valence-corrected chi connectivity index (χ0v) is 7.46. The van der Waals surface area contributed by atoms with Crippen molar-refractivity contribution in [1.82, 2.24) is 0 Å². The third-order valence-electron chi connectivity index (χ3n) is 0. The average molecular weight is 100 g/mol. The molecule has 0 aromatic rings. The molecule has 0 aliphatic carbocycles. The van der Waals surface area contributed by atoms with Crippen LogP contribution in [0, 0.1) is 0 Å². The van der Waals surface area contributed by atoms with Gasteiger partial charge >= 0.3 is 59.1 Å². The number of hydrogen-bond acceptors (Lipinski definition) is 0. The summed E-state index contributed by atoms with van der Waals surface area (Å²) in [5.74, 6) is 0. The molecule has 0 atom stereocenters. The summed E-state index contributed by atoms with van der Waals surface area (Å²) in [5.41, 5.74) is 0. The topological polar surface area (TPSA) is 0 Å². The average Bonchev–Trinajstić information content (AvgIpc) is 0.918. The Labute approximate surface area is 76.9 Å². The van der Waals surface area contributed by atoms with Gasteiger partial charge in [0.05, 0.1) is 0 Å². The van der Waals surface area contributed by atoms with Gasteiger partial charge in [-0.05, 0) is 0 Å². The SMILES string of the molecule is FCF.[H-].[H-].[Na+].[Na+]. The van der Waals surface area contributed by atoms with Crippen molar-refractivity contribution in [2.75, 3.05) is 6.93 Å². The summed E-state index contributed by atoms with van der Waals surface area (Å²) >= 11 is 0. The van der Waals surface area contributed by atoms with Gasteiger partial charge in [0.15, 0.2) is 0 Å². The van der Waals surface area contributed by atoms with Crippen LogP contribution in [0.2, 0.25) is 0 Å². The third kappa shape index (κ3) is 25.2. The van der Waals surface area contributed by atoms with Crippen LogP contribution in [0.25, 0.3) is 0 Å². The van der Waals surface area contributed by atoms with E-state index in [1.165, 1.54) is 0 Å². The van der Waals surface area contributed by atoms with Crippen LogP contribution >= 0.6 is 0 Å². The normalized spacial score (nSPS) is 3.60. The molecule has 0 N–H and O–H groups in total. The van der Waals surface area contributed by atoms with E-state index in [4.69, 9.17) is 0 Å². The second-order valence-corrected chi connectivity index (χ2v) is 0.101. The summed E-state index contributed by atoms with van der Waals surface area (Å²) in [6.45, 7) is -1.75. The van der Waals surface area contributed by atoms with Gasteiger partial charge in [0.25, 0.3) is 0 Å². The van der Waals surface area contributed by atoms with Crippen molar-refractivity contribution in [2.24, 2.45) is 0 Å². The van der Waals surface area contributed by atoms with E-state index in [-0.39, 0.29) is 62.0 Å². The second-order valence-electron chi connectivity index (χ2n) is 0.101. The number of alkyl halides is 2. The minimum Gasteiger partial charge on any atom is -1.00 e. The van der Waals surface area contributed by atoms with E-state index in [0.29, 0.717) is 0 Å². The van der Waals surface area contributed by atoms with Crippen LogP contribution in [0.4, 0.5) is 8.78 Å². The van der Waals surface area contributed by atoms with E-state index in [9.17, 15) is 8.78 Å². The molecule has 0 aromatic carbocycles. The Morgan fingerprint density at radius 3 is 1.20 bits per heavy atom. The van der Waals surface area contributed by atoms with Crippen molar-refractivity contribution in [3.63, 3.8) is 0 Å². The zero-order valence-electron chi connectivity index (χ0n) is 5.46. The fourth-order valence-corrected chi connectivity index (χ4v) is 0. The molecule has 0 heterocycles. The van der Waals surface area contributed by atoms with Gasteiger partial charge in [-0.25, -0.2) is 8.78 Å². The second kappa shape index (κ2) is 16.9. The molecule has 0 aromatic heterocycles. The maximum atomic E-state index is 9.62. The third-order valence-corrected chi connectivity index (χ3v) is 0. The molecule has 4 heteroatoms. The quantitative estimate of drug-likeness (QED) is 0.268. The summed E-state index contributed by atoms with van der Waals surface area (Å²) in [4.78, 5) is 0. The van der Waals surface area contributed by atoms with Crippen LogP contribution < -0.4 is 59.1 Å². The van der Waals surface area contributed by atoms with Crippen molar-refractivity contribution >= 4 is 0 Å². The Balaban J connectivity index is -0.00000000333. The van der Waals surface area contributed by atoms with Gasteiger partial charge < -0.3 is 2.85 Å². The van der Waals surface area contributed by atoms with Crippen LogP contribution in [-0.2, 0) is 0 Å². The first-order valence-electron chi connectivity index (χ1n) is 0.535. The van der Waals surface area contributed by atoms with E-state index in [2.05, 4.69) is 0 Å². The van der Waals surface area contributed by atoms with Gasteiger partial charge in [-0.3, -0.25) is 0 Å². The number of rotatable bonds is 0. The van der Waals surface area contributed by atoms with Crippen LogP contribution in [0.1, 0.15) is 2.85 Å². The Bertz CT molecular complexity index is 13.7. The fraction of sp³-hybridized carbons (Fsp3) is 1.00. The first-order chi connectivity index (χ1) is 1.41. The molecule has 0 rings (SSSR count).